The third-order valence-corrected chi connectivity index (χ3v) is 9.67. The fraction of sp³-hybridized carbons (Fsp3) is 0.571. The molecule has 5 aliphatic rings. The Hall–Kier alpha value is -2.98. The number of nitrogens with one attached hydrogen (secondary N) is 2. The number of fused-ring (bicyclic) bond motifs is 1. The molecule has 2 amide bonds. The number of carbonyl (C=O) groups is 2. The van der Waals surface area contributed by atoms with E-state index in [9.17, 15) is 14.4 Å². The highest BCUT2D eigenvalue weighted by Gasteiger charge is 2.68. The van der Waals surface area contributed by atoms with Gasteiger partial charge in [0.2, 0.25) is 5.91 Å². The molecule has 0 spiro atoms. The van der Waals surface area contributed by atoms with Crippen LogP contribution in [-0.4, -0.2) is 46.1 Å². The molecule has 38 heavy (non-hydrogen) atoms. The summed E-state index contributed by atoms with van der Waals surface area (Å²) in [6.07, 6.45) is 5.16. The van der Waals surface area contributed by atoms with Gasteiger partial charge in [-0.1, -0.05) is 39.0 Å². The summed E-state index contributed by atoms with van der Waals surface area (Å²) in [4.78, 5) is 43.9. The molecule has 2 N–H and O–H groups in total. The first-order chi connectivity index (χ1) is 18.1. The molecule has 3 heterocycles. The number of aryl methyl sites for hydroxylation is 1. The Morgan fingerprint density at radius 1 is 1.21 bits per heavy atom. The van der Waals surface area contributed by atoms with Gasteiger partial charge in [0.15, 0.2) is 0 Å². The minimum atomic E-state index is -0.710. The van der Waals surface area contributed by atoms with Crippen molar-refractivity contribution < 1.29 is 18.9 Å². The molecule has 7 rings (SSSR count). The number of hydrogen-bond donors (Lipinski definition) is 2. The summed E-state index contributed by atoms with van der Waals surface area (Å²) in [6, 6.07) is 7.95. The van der Waals surface area contributed by atoms with E-state index in [-0.39, 0.29) is 34.7 Å². The highest BCUT2D eigenvalue weighted by atomic mass is 16.7. The second-order valence-electron chi connectivity index (χ2n) is 12.0. The fourth-order valence-corrected chi connectivity index (χ4v) is 7.24. The van der Waals surface area contributed by atoms with Crippen molar-refractivity contribution >= 4 is 24.6 Å². The van der Waals surface area contributed by atoms with Gasteiger partial charge in [-0.15, -0.1) is 0 Å². The summed E-state index contributed by atoms with van der Waals surface area (Å²) in [5.74, 6) is 0.625. The number of benzene rings is 1. The highest BCUT2D eigenvalue weighted by Crippen LogP contribution is 2.65. The smallest absolute Gasteiger partial charge is 0.404 e. The molecule has 1 aromatic heterocycles. The normalized spacial score (nSPS) is 31.1. The van der Waals surface area contributed by atoms with Gasteiger partial charge in [0.25, 0.3) is 11.5 Å². The van der Waals surface area contributed by atoms with Gasteiger partial charge in [0, 0.05) is 12.0 Å². The van der Waals surface area contributed by atoms with Crippen LogP contribution in [0.25, 0.3) is 0 Å². The van der Waals surface area contributed by atoms with Crippen LogP contribution in [0.3, 0.4) is 0 Å². The lowest BCUT2D eigenvalue weighted by Crippen LogP contribution is -2.65. The van der Waals surface area contributed by atoms with Crippen molar-refractivity contribution in [1.82, 2.24) is 14.9 Å². The molecule has 200 valence electrons. The standard InChI is InChI=1S/C28H35BN4O5/c1-5-22(29-37-21-14-17-13-20(27(17,2)3)28(21,4)38-29)32-25(35)19-11-12-23-30-15-18(26(36)33(19)23)31-24(34)16-9-7-6-8-10-16/h6-10,15,17,19-22H,5,11-14H2,1-4H3,(H,31,34)(H,32,35)/t17-,19-,20-,21+,22-,28-/m0/s1. The molecule has 9 nitrogen and oxygen atoms in total. The van der Waals surface area contributed by atoms with E-state index >= 15 is 0 Å². The summed E-state index contributed by atoms with van der Waals surface area (Å²) in [5, 5.41) is 5.77. The predicted octanol–water partition coefficient (Wildman–Crippen LogP) is 3.15. The number of amides is 2. The Kier molecular flexibility index (Phi) is 6.03. The molecule has 1 aromatic carbocycles. The Morgan fingerprint density at radius 3 is 2.68 bits per heavy atom. The van der Waals surface area contributed by atoms with Crippen molar-refractivity contribution in [2.24, 2.45) is 17.3 Å². The number of rotatable bonds is 6. The van der Waals surface area contributed by atoms with Crippen LogP contribution in [0.1, 0.15) is 75.6 Å². The first-order valence-electron chi connectivity index (χ1n) is 13.7. The van der Waals surface area contributed by atoms with Crippen LogP contribution in [0.5, 0.6) is 0 Å². The van der Waals surface area contributed by atoms with Crippen LogP contribution in [0, 0.1) is 17.3 Å². The molecule has 0 radical (unpaired) electrons. The summed E-state index contributed by atoms with van der Waals surface area (Å²) in [6.45, 7) is 8.81. The fourth-order valence-electron chi connectivity index (χ4n) is 7.24. The second-order valence-corrected chi connectivity index (χ2v) is 12.0. The van der Waals surface area contributed by atoms with Crippen molar-refractivity contribution in [3.8, 4) is 0 Å². The van der Waals surface area contributed by atoms with Crippen LogP contribution in [0.15, 0.2) is 41.3 Å². The summed E-state index contributed by atoms with van der Waals surface area (Å²) in [7, 11) is -0.527. The van der Waals surface area contributed by atoms with E-state index < -0.39 is 24.6 Å². The van der Waals surface area contributed by atoms with Crippen LogP contribution >= 0.6 is 0 Å². The lowest BCUT2D eigenvalue weighted by Gasteiger charge is -2.64. The molecule has 2 aromatic rings. The summed E-state index contributed by atoms with van der Waals surface area (Å²) < 4.78 is 14.4. The highest BCUT2D eigenvalue weighted by molar-refractivity contribution is 6.47. The zero-order valence-electron chi connectivity index (χ0n) is 22.4. The molecule has 3 aliphatic carbocycles. The molecule has 2 bridgehead atoms. The van der Waals surface area contributed by atoms with Crippen LogP contribution in [0.2, 0.25) is 0 Å². The zero-order chi connectivity index (χ0) is 26.8. The maximum atomic E-state index is 13.5. The van der Waals surface area contributed by atoms with Gasteiger partial charge >= 0.3 is 7.12 Å². The second kappa shape index (κ2) is 9.05. The lowest BCUT2D eigenvalue weighted by atomic mass is 9.43. The molecule has 2 aliphatic heterocycles. The van der Waals surface area contributed by atoms with E-state index in [1.807, 2.05) is 13.0 Å². The molecular formula is C28H35BN4O5. The monoisotopic (exact) mass is 518 g/mol. The van der Waals surface area contributed by atoms with Crippen LogP contribution < -0.4 is 16.2 Å². The topological polar surface area (TPSA) is 112 Å². The van der Waals surface area contributed by atoms with E-state index in [2.05, 4.69) is 36.4 Å². The molecule has 10 heteroatoms. The summed E-state index contributed by atoms with van der Waals surface area (Å²) in [5.41, 5.74) is -0.0594. The molecule has 3 saturated carbocycles. The van der Waals surface area contributed by atoms with Gasteiger partial charge < -0.3 is 19.9 Å². The number of carbonyl (C=O) groups excluding carboxylic acids is 2. The minimum absolute atomic E-state index is 0.0324. The third-order valence-electron chi connectivity index (χ3n) is 9.67. The van der Waals surface area contributed by atoms with Gasteiger partial charge in [-0.05, 0) is 62.0 Å². The number of anilines is 1. The van der Waals surface area contributed by atoms with Gasteiger partial charge in [-0.3, -0.25) is 19.0 Å². The SMILES string of the molecule is CC[C@H](NC(=O)[C@@H]1CCc2ncc(NC(=O)c3ccccc3)c(=O)n21)B1O[C@@H]2C[C@@H]3C[C@@H](C3(C)C)[C@]2(C)O1. The van der Waals surface area contributed by atoms with Crippen molar-refractivity contribution in [3.63, 3.8) is 0 Å². The van der Waals surface area contributed by atoms with Crippen molar-refractivity contribution in [2.45, 2.75) is 83.5 Å². The molecule has 6 atom stereocenters. The van der Waals surface area contributed by atoms with Gasteiger partial charge in [0.05, 0.1) is 23.8 Å². The zero-order valence-corrected chi connectivity index (χ0v) is 22.4. The number of hydrogen-bond acceptors (Lipinski definition) is 6. The minimum Gasteiger partial charge on any atom is -0.404 e. The van der Waals surface area contributed by atoms with E-state index in [0.29, 0.717) is 42.5 Å². The van der Waals surface area contributed by atoms with Crippen molar-refractivity contribution in [2.75, 3.05) is 5.32 Å². The maximum absolute atomic E-state index is 13.5. The predicted molar refractivity (Wildman–Crippen MR) is 143 cm³/mol. The average Bonchev–Trinajstić information content (AvgIpc) is 3.50. The molecule has 0 unspecified atom stereocenters. The Balaban J connectivity index is 1.17. The Morgan fingerprint density at radius 2 is 1.97 bits per heavy atom. The van der Waals surface area contributed by atoms with E-state index in [4.69, 9.17) is 9.31 Å². The molecular weight excluding hydrogens is 483 g/mol. The van der Waals surface area contributed by atoms with Crippen molar-refractivity contribution in [1.29, 1.82) is 0 Å². The molecule has 1 saturated heterocycles. The Labute approximate surface area is 222 Å². The summed E-state index contributed by atoms with van der Waals surface area (Å²) >= 11 is 0. The van der Waals surface area contributed by atoms with Crippen LogP contribution in [0.4, 0.5) is 5.69 Å². The van der Waals surface area contributed by atoms with Crippen LogP contribution in [-0.2, 0) is 20.5 Å². The maximum Gasteiger partial charge on any atom is 0.481 e. The van der Waals surface area contributed by atoms with Gasteiger partial charge in [-0.2, -0.15) is 0 Å². The first-order valence-corrected chi connectivity index (χ1v) is 13.7. The Bertz CT molecular complexity index is 1330. The first kappa shape index (κ1) is 25.3. The number of aromatic nitrogens is 2. The number of nitrogens with zero attached hydrogens (tertiary/aromatic N) is 2. The van der Waals surface area contributed by atoms with Crippen molar-refractivity contribution in [3.05, 3.63) is 58.3 Å². The largest absolute Gasteiger partial charge is 0.481 e. The van der Waals surface area contributed by atoms with Gasteiger partial charge in [0.1, 0.15) is 17.6 Å². The average molecular weight is 518 g/mol. The van der Waals surface area contributed by atoms with E-state index in [0.717, 1.165) is 12.8 Å². The lowest BCUT2D eigenvalue weighted by molar-refractivity contribution is -0.199. The van der Waals surface area contributed by atoms with E-state index in [1.54, 1.807) is 24.3 Å². The quantitative estimate of drug-likeness (QED) is 0.569. The van der Waals surface area contributed by atoms with E-state index in [1.165, 1.54) is 10.8 Å². The van der Waals surface area contributed by atoms with Gasteiger partial charge in [-0.25, -0.2) is 4.98 Å². The third kappa shape index (κ3) is 3.83. The molecule has 4 fully saturated rings.